The number of amides is 2. The normalized spacial score (nSPS) is 21.5. The Balaban J connectivity index is 2.07. The lowest BCUT2D eigenvalue weighted by molar-refractivity contribution is 0.0811. The Morgan fingerprint density at radius 1 is 1.50 bits per heavy atom. The standard InChI is InChI=1S/C17H26N2O3/c1-4-22-14-7-8-15(13(3)10-14)18-17(21)19-9-5-6-12(2)16(19)11-20/h7-8,10,12,16,20H,4-6,9,11H2,1-3H3,(H,18,21). The first-order valence-corrected chi connectivity index (χ1v) is 7.98. The maximum absolute atomic E-state index is 12.5. The first-order valence-electron chi connectivity index (χ1n) is 7.98. The SMILES string of the molecule is CCOc1ccc(NC(=O)N2CCCC(C)C2CO)c(C)c1. The summed E-state index contributed by atoms with van der Waals surface area (Å²) in [6.45, 7) is 7.30. The summed E-state index contributed by atoms with van der Waals surface area (Å²) in [5, 5.41) is 12.5. The van der Waals surface area contributed by atoms with E-state index in [2.05, 4.69) is 12.2 Å². The Morgan fingerprint density at radius 3 is 2.91 bits per heavy atom. The predicted molar refractivity (Wildman–Crippen MR) is 87.3 cm³/mol. The summed E-state index contributed by atoms with van der Waals surface area (Å²) in [6, 6.07) is 5.39. The fourth-order valence-electron chi connectivity index (χ4n) is 3.00. The fraction of sp³-hybridized carbons (Fsp3) is 0.588. The number of hydrogen-bond donors (Lipinski definition) is 2. The zero-order valence-corrected chi connectivity index (χ0v) is 13.6. The summed E-state index contributed by atoms with van der Waals surface area (Å²) in [6.07, 6.45) is 2.03. The van der Waals surface area contributed by atoms with E-state index in [0.717, 1.165) is 29.8 Å². The van der Waals surface area contributed by atoms with Gasteiger partial charge in [0.2, 0.25) is 0 Å². The minimum absolute atomic E-state index is 0.0108. The molecule has 0 spiro atoms. The second-order valence-electron chi connectivity index (χ2n) is 5.90. The molecule has 2 atom stereocenters. The number of carbonyl (C=O) groups is 1. The van der Waals surface area contributed by atoms with Gasteiger partial charge in [0.25, 0.3) is 0 Å². The average molecular weight is 306 g/mol. The number of hydrogen-bond acceptors (Lipinski definition) is 3. The smallest absolute Gasteiger partial charge is 0.322 e. The molecule has 0 saturated carbocycles. The number of anilines is 1. The first kappa shape index (κ1) is 16.6. The van der Waals surface area contributed by atoms with Crippen molar-refractivity contribution in [3.8, 4) is 5.75 Å². The van der Waals surface area contributed by atoms with Gasteiger partial charge in [-0.25, -0.2) is 4.79 Å². The molecule has 5 heteroatoms. The Morgan fingerprint density at radius 2 is 2.27 bits per heavy atom. The number of carbonyl (C=O) groups excluding carboxylic acids is 1. The molecule has 1 aromatic carbocycles. The van der Waals surface area contributed by atoms with Crippen LogP contribution in [0.4, 0.5) is 10.5 Å². The molecule has 1 saturated heterocycles. The van der Waals surface area contributed by atoms with E-state index in [9.17, 15) is 9.90 Å². The van der Waals surface area contributed by atoms with E-state index >= 15 is 0 Å². The van der Waals surface area contributed by atoms with Crippen molar-refractivity contribution in [2.24, 2.45) is 5.92 Å². The lowest BCUT2D eigenvalue weighted by atomic mass is 9.91. The van der Waals surface area contributed by atoms with Gasteiger partial charge in [-0.05, 0) is 56.4 Å². The van der Waals surface area contributed by atoms with E-state index in [1.54, 1.807) is 4.90 Å². The van der Waals surface area contributed by atoms with Crippen molar-refractivity contribution in [2.75, 3.05) is 25.1 Å². The fourth-order valence-corrected chi connectivity index (χ4v) is 3.00. The molecule has 2 unspecified atom stereocenters. The highest BCUT2D eigenvalue weighted by atomic mass is 16.5. The van der Waals surface area contributed by atoms with Crippen LogP contribution in [0.2, 0.25) is 0 Å². The molecule has 5 nitrogen and oxygen atoms in total. The average Bonchev–Trinajstić information content (AvgIpc) is 2.50. The monoisotopic (exact) mass is 306 g/mol. The van der Waals surface area contributed by atoms with Crippen LogP contribution in [-0.2, 0) is 0 Å². The number of benzene rings is 1. The van der Waals surface area contributed by atoms with Crippen molar-refractivity contribution in [1.29, 1.82) is 0 Å². The minimum Gasteiger partial charge on any atom is -0.494 e. The van der Waals surface area contributed by atoms with Gasteiger partial charge in [-0.15, -0.1) is 0 Å². The Hall–Kier alpha value is -1.75. The maximum Gasteiger partial charge on any atom is 0.322 e. The molecule has 0 aliphatic carbocycles. The van der Waals surface area contributed by atoms with E-state index in [1.165, 1.54) is 0 Å². The number of urea groups is 1. The zero-order chi connectivity index (χ0) is 16.1. The van der Waals surface area contributed by atoms with Crippen LogP contribution in [0.5, 0.6) is 5.75 Å². The van der Waals surface area contributed by atoms with Gasteiger partial charge in [-0.3, -0.25) is 0 Å². The summed E-state index contributed by atoms with van der Waals surface area (Å²) in [7, 11) is 0. The summed E-state index contributed by atoms with van der Waals surface area (Å²) < 4.78 is 5.46. The maximum atomic E-state index is 12.5. The molecule has 1 heterocycles. The molecule has 2 amide bonds. The third-order valence-electron chi connectivity index (χ3n) is 4.31. The van der Waals surface area contributed by atoms with E-state index in [0.29, 0.717) is 19.1 Å². The number of likely N-dealkylation sites (tertiary alicyclic amines) is 1. The summed E-state index contributed by atoms with van der Waals surface area (Å²) in [4.78, 5) is 14.3. The van der Waals surface area contributed by atoms with Crippen LogP contribution in [-0.4, -0.2) is 41.8 Å². The number of aliphatic hydroxyl groups excluding tert-OH is 1. The number of ether oxygens (including phenoxy) is 1. The molecule has 2 rings (SSSR count). The number of aryl methyl sites for hydroxylation is 1. The molecule has 1 aromatic rings. The number of aliphatic hydroxyl groups is 1. The van der Waals surface area contributed by atoms with Crippen molar-refractivity contribution in [3.63, 3.8) is 0 Å². The number of nitrogens with one attached hydrogen (secondary N) is 1. The molecular weight excluding hydrogens is 280 g/mol. The second kappa shape index (κ2) is 7.49. The van der Waals surface area contributed by atoms with E-state index in [4.69, 9.17) is 4.74 Å². The minimum atomic E-state index is -0.141. The van der Waals surface area contributed by atoms with Crippen LogP contribution in [0.25, 0.3) is 0 Å². The van der Waals surface area contributed by atoms with E-state index in [-0.39, 0.29) is 18.7 Å². The Kier molecular flexibility index (Phi) is 5.66. The number of piperidine rings is 1. The molecule has 0 bridgehead atoms. The van der Waals surface area contributed by atoms with Crippen LogP contribution >= 0.6 is 0 Å². The highest BCUT2D eigenvalue weighted by molar-refractivity contribution is 5.90. The molecule has 2 N–H and O–H groups in total. The topological polar surface area (TPSA) is 61.8 Å². The van der Waals surface area contributed by atoms with E-state index in [1.807, 2.05) is 32.0 Å². The molecule has 0 radical (unpaired) electrons. The van der Waals surface area contributed by atoms with Gasteiger partial charge in [-0.2, -0.15) is 0 Å². The molecular formula is C17H26N2O3. The van der Waals surface area contributed by atoms with Gasteiger partial charge >= 0.3 is 6.03 Å². The molecule has 1 fully saturated rings. The molecule has 122 valence electrons. The van der Waals surface area contributed by atoms with Crippen molar-refractivity contribution >= 4 is 11.7 Å². The van der Waals surface area contributed by atoms with Crippen LogP contribution in [0.1, 0.15) is 32.3 Å². The van der Waals surface area contributed by atoms with Crippen LogP contribution in [0, 0.1) is 12.8 Å². The zero-order valence-electron chi connectivity index (χ0n) is 13.6. The van der Waals surface area contributed by atoms with Crippen LogP contribution < -0.4 is 10.1 Å². The first-order chi connectivity index (χ1) is 10.6. The van der Waals surface area contributed by atoms with Crippen molar-refractivity contribution in [3.05, 3.63) is 23.8 Å². The highest BCUT2D eigenvalue weighted by Gasteiger charge is 2.31. The molecule has 22 heavy (non-hydrogen) atoms. The van der Waals surface area contributed by atoms with Gasteiger partial charge < -0.3 is 20.1 Å². The summed E-state index contributed by atoms with van der Waals surface area (Å²) >= 11 is 0. The molecule has 0 aromatic heterocycles. The summed E-state index contributed by atoms with van der Waals surface area (Å²) in [5.41, 5.74) is 1.74. The predicted octanol–water partition coefficient (Wildman–Crippen LogP) is 3.02. The Labute approximate surface area is 132 Å². The van der Waals surface area contributed by atoms with Crippen molar-refractivity contribution in [2.45, 2.75) is 39.7 Å². The van der Waals surface area contributed by atoms with Gasteiger partial charge in [-0.1, -0.05) is 6.92 Å². The highest BCUT2D eigenvalue weighted by Crippen LogP contribution is 2.25. The van der Waals surface area contributed by atoms with Gasteiger partial charge in [0.15, 0.2) is 0 Å². The van der Waals surface area contributed by atoms with Crippen molar-refractivity contribution < 1.29 is 14.6 Å². The largest absolute Gasteiger partial charge is 0.494 e. The number of rotatable bonds is 4. The third kappa shape index (κ3) is 3.71. The lowest BCUT2D eigenvalue weighted by Crippen LogP contribution is -2.51. The Bertz CT molecular complexity index is 519. The van der Waals surface area contributed by atoms with Gasteiger partial charge in [0.05, 0.1) is 19.3 Å². The van der Waals surface area contributed by atoms with Gasteiger partial charge in [0, 0.05) is 12.2 Å². The summed E-state index contributed by atoms with van der Waals surface area (Å²) in [5.74, 6) is 1.13. The van der Waals surface area contributed by atoms with Gasteiger partial charge in [0.1, 0.15) is 5.75 Å². The quantitative estimate of drug-likeness (QED) is 0.899. The number of nitrogens with zero attached hydrogens (tertiary/aromatic N) is 1. The second-order valence-corrected chi connectivity index (χ2v) is 5.90. The third-order valence-corrected chi connectivity index (χ3v) is 4.31. The van der Waals surface area contributed by atoms with Crippen LogP contribution in [0.15, 0.2) is 18.2 Å². The molecule has 1 aliphatic heterocycles. The van der Waals surface area contributed by atoms with E-state index < -0.39 is 0 Å². The van der Waals surface area contributed by atoms with Crippen molar-refractivity contribution in [1.82, 2.24) is 4.90 Å². The van der Waals surface area contributed by atoms with Crippen LogP contribution in [0.3, 0.4) is 0 Å². The molecule has 1 aliphatic rings. The lowest BCUT2D eigenvalue weighted by Gasteiger charge is -2.39.